The molecule has 0 radical (unpaired) electrons. The Hall–Kier alpha value is -1.29. The summed E-state index contributed by atoms with van der Waals surface area (Å²) in [5.41, 5.74) is 0. The van der Waals surface area contributed by atoms with Gasteiger partial charge in [-0.25, -0.2) is 4.57 Å². The largest absolute Gasteiger partial charge is 0.472 e. The molecule has 0 spiro atoms. The molecule has 0 heterocycles. The minimum absolute atomic E-state index is 0.190. The van der Waals surface area contributed by atoms with Crippen LogP contribution in [-0.2, 0) is 32.7 Å². The molecule has 0 aromatic heterocycles. The van der Waals surface area contributed by atoms with Crippen LogP contribution in [-0.4, -0.2) is 65.7 Å². The highest BCUT2D eigenvalue weighted by Gasteiger charge is 2.27. The maximum Gasteiger partial charge on any atom is 0.472 e. The van der Waals surface area contributed by atoms with Crippen LogP contribution in [0.25, 0.3) is 0 Å². The number of unbranched alkanes of at least 4 members (excludes halogenated alkanes) is 29. The Morgan fingerprint density at radius 1 is 0.509 bits per heavy atom. The molecule has 57 heavy (non-hydrogen) atoms. The van der Waals surface area contributed by atoms with Gasteiger partial charge in [0.15, 0.2) is 6.10 Å². The molecule has 0 bridgehead atoms. The first-order chi connectivity index (χ1) is 27.7. The Kier molecular flexibility index (Phi) is 41.9. The third-order valence-corrected chi connectivity index (χ3v) is 11.4. The van der Waals surface area contributed by atoms with Crippen molar-refractivity contribution in [3.05, 3.63) is 12.2 Å². The van der Waals surface area contributed by atoms with E-state index in [9.17, 15) is 24.2 Å². The van der Waals surface area contributed by atoms with Crippen LogP contribution in [0, 0.1) is 0 Å². The number of phosphoric acid groups is 1. The van der Waals surface area contributed by atoms with E-state index in [1.807, 2.05) is 0 Å². The molecule has 11 heteroatoms. The number of ether oxygens (including phenoxy) is 2. The van der Waals surface area contributed by atoms with Gasteiger partial charge < -0.3 is 24.6 Å². The Bertz CT molecular complexity index is 961. The monoisotopic (exact) mass is 833 g/mol. The Morgan fingerprint density at radius 3 is 1.26 bits per heavy atom. The molecule has 0 fully saturated rings. The van der Waals surface area contributed by atoms with Gasteiger partial charge in [-0.1, -0.05) is 193 Å². The molecule has 0 amide bonds. The summed E-state index contributed by atoms with van der Waals surface area (Å²) in [7, 11) is -4.61. The normalized spacial score (nSPS) is 13.8. The van der Waals surface area contributed by atoms with E-state index in [0.29, 0.717) is 12.8 Å². The van der Waals surface area contributed by atoms with E-state index in [1.54, 1.807) is 0 Å². The van der Waals surface area contributed by atoms with Crippen molar-refractivity contribution in [1.29, 1.82) is 0 Å². The van der Waals surface area contributed by atoms with Crippen LogP contribution in [0.1, 0.15) is 232 Å². The molecule has 3 N–H and O–H groups in total. The quantitative estimate of drug-likeness (QED) is 0.0234. The SMILES string of the molecule is CCCCCCCC/C=C\CCCCCCCCCCCC(=O)OC[C@H](COP(=O)(O)OC[C@@H](O)CO)OC(=O)CCCCCCCCCCCCCCCCC. The number of esters is 2. The van der Waals surface area contributed by atoms with Crippen molar-refractivity contribution >= 4 is 19.8 Å². The Labute approximate surface area is 349 Å². The molecule has 3 atom stereocenters. The van der Waals surface area contributed by atoms with Crippen LogP contribution < -0.4 is 0 Å². The lowest BCUT2D eigenvalue weighted by molar-refractivity contribution is -0.161. The van der Waals surface area contributed by atoms with Crippen molar-refractivity contribution in [2.75, 3.05) is 26.4 Å². The summed E-state index contributed by atoms with van der Waals surface area (Å²) < 4.78 is 32.8. The minimum Gasteiger partial charge on any atom is -0.462 e. The zero-order valence-electron chi connectivity index (χ0n) is 36.8. The maximum absolute atomic E-state index is 12.6. The van der Waals surface area contributed by atoms with Gasteiger partial charge in [0.1, 0.15) is 12.7 Å². The standard InChI is InChI=1S/C46H89O10P/c1-3-5-7-9-11-13-15-17-19-20-21-22-24-25-27-29-31-33-35-37-45(49)53-41-44(42-55-57(51,52)54-40-43(48)39-47)56-46(50)38-36-34-32-30-28-26-23-18-16-14-12-10-8-6-4-2/h17,19,43-44,47-48H,3-16,18,20-42H2,1-2H3,(H,51,52)/b19-17-/t43-,44+/m0/s1. The third kappa shape index (κ3) is 42.6. The predicted octanol–water partition coefficient (Wildman–Crippen LogP) is 12.8. The Morgan fingerprint density at radius 2 is 0.860 bits per heavy atom. The third-order valence-electron chi connectivity index (χ3n) is 10.4. The molecule has 0 aliphatic rings. The van der Waals surface area contributed by atoms with E-state index in [0.717, 1.165) is 38.5 Å². The topological polar surface area (TPSA) is 149 Å². The van der Waals surface area contributed by atoms with Crippen LogP contribution >= 0.6 is 7.82 Å². The molecular formula is C46H89O10P. The van der Waals surface area contributed by atoms with E-state index in [2.05, 4.69) is 26.0 Å². The number of carbonyl (C=O) groups is 2. The second kappa shape index (κ2) is 42.8. The van der Waals surface area contributed by atoms with Crippen LogP contribution in [0.4, 0.5) is 0 Å². The molecule has 0 aliphatic heterocycles. The molecule has 10 nitrogen and oxygen atoms in total. The van der Waals surface area contributed by atoms with Crippen LogP contribution in [0.15, 0.2) is 12.2 Å². The molecule has 1 unspecified atom stereocenters. The maximum atomic E-state index is 12.6. The van der Waals surface area contributed by atoms with Gasteiger partial charge in [-0.05, 0) is 38.5 Å². The fourth-order valence-electron chi connectivity index (χ4n) is 6.75. The summed E-state index contributed by atoms with van der Waals surface area (Å²) in [6.07, 6.45) is 41.7. The predicted molar refractivity (Wildman–Crippen MR) is 233 cm³/mol. The van der Waals surface area contributed by atoms with E-state index in [-0.39, 0.29) is 19.4 Å². The summed E-state index contributed by atoms with van der Waals surface area (Å²) in [6.45, 7) is 2.41. The second-order valence-electron chi connectivity index (χ2n) is 16.1. The van der Waals surface area contributed by atoms with Crippen molar-refractivity contribution in [3.63, 3.8) is 0 Å². The van der Waals surface area contributed by atoms with Gasteiger partial charge in [-0.15, -0.1) is 0 Å². The Balaban J connectivity index is 4.19. The van der Waals surface area contributed by atoms with E-state index < -0.39 is 51.8 Å². The van der Waals surface area contributed by atoms with Gasteiger partial charge in [-0.3, -0.25) is 18.6 Å². The molecule has 0 aromatic carbocycles. The van der Waals surface area contributed by atoms with Gasteiger partial charge in [0.05, 0.1) is 19.8 Å². The molecule has 0 aromatic rings. The number of carbonyl (C=O) groups excluding carboxylic acids is 2. The van der Waals surface area contributed by atoms with E-state index >= 15 is 0 Å². The van der Waals surface area contributed by atoms with Gasteiger partial charge in [-0.2, -0.15) is 0 Å². The number of hydrogen-bond donors (Lipinski definition) is 3. The van der Waals surface area contributed by atoms with Crippen LogP contribution in [0.3, 0.4) is 0 Å². The highest BCUT2D eigenvalue weighted by Crippen LogP contribution is 2.43. The molecule has 0 saturated carbocycles. The van der Waals surface area contributed by atoms with Gasteiger partial charge in [0.25, 0.3) is 0 Å². The van der Waals surface area contributed by atoms with Gasteiger partial charge in [0, 0.05) is 12.8 Å². The smallest absolute Gasteiger partial charge is 0.462 e. The van der Waals surface area contributed by atoms with E-state index in [1.165, 1.54) is 154 Å². The lowest BCUT2D eigenvalue weighted by Crippen LogP contribution is -2.29. The summed E-state index contributed by atoms with van der Waals surface area (Å²) in [5, 5.41) is 18.4. The first-order valence-electron chi connectivity index (χ1n) is 23.6. The molecule has 0 rings (SSSR count). The molecular weight excluding hydrogens is 743 g/mol. The summed E-state index contributed by atoms with van der Waals surface area (Å²) >= 11 is 0. The second-order valence-corrected chi connectivity index (χ2v) is 17.6. The molecule has 338 valence electrons. The lowest BCUT2D eigenvalue weighted by Gasteiger charge is -2.20. The number of rotatable bonds is 45. The van der Waals surface area contributed by atoms with E-state index in [4.69, 9.17) is 23.6 Å². The van der Waals surface area contributed by atoms with Gasteiger partial charge >= 0.3 is 19.8 Å². The average Bonchev–Trinajstić information content (AvgIpc) is 3.20. The number of aliphatic hydroxyl groups is 2. The number of hydrogen-bond acceptors (Lipinski definition) is 9. The highest BCUT2D eigenvalue weighted by molar-refractivity contribution is 7.47. The first-order valence-corrected chi connectivity index (χ1v) is 25.1. The number of aliphatic hydroxyl groups excluding tert-OH is 2. The zero-order chi connectivity index (χ0) is 41.9. The lowest BCUT2D eigenvalue weighted by atomic mass is 10.0. The fourth-order valence-corrected chi connectivity index (χ4v) is 7.54. The van der Waals surface area contributed by atoms with Gasteiger partial charge in [0.2, 0.25) is 0 Å². The zero-order valence-corrected chi connectivity index (χ0v) is 37.7. The summed E-state index contributed by atoms with van der Waals surface area (Å²) in [5.74, 6) is -0.914. The van der Waals surface area contributed by atoms with Crippen molar-refractivity contribution < 1.29 is 47.8 Å². The van der Waals surface area contributed by atoms with Crippen molar-refractivity contribution in [2.24, 2.45) is 0 Å². The number of phosphoric ester groups is 1. The summed E-state index contributed by atoms with van der Waals surface area (Å²) in [6, 6.07) is 0. The van der Waals surface area contributed by atoms with Crippen LogP contribution in [0.5, 0.6) is 0 Å². The first kappa shape index (κ1) is 55.7. The van der Waals surface area contributed by atoms with Crippen molar-refractivity contribution in [2.45, 2.75) is 244 Å². The van der Waals surface area contributed by atoms with Crippen molar-refractivity contribution in [3.8, 4) is 0 Å². The average molecular weight is 833 g/mol. The summed E-state index contributed by atoms with van der Waals surface area (Å²) in [4.78, 5) is 35.1. The van der Waals surface area contributed by atoms with Crippen molar-refractivity contribution in [1.82, 2.24) is 0 Å². The fraction of sp³-hybridized carbons (Fsp3) is 0.913. The minimum atomic E-state index is -4.61. The van der Waals surface area contributed by atoms with Crippen LogP contribution in [0.2, 0.25) is 0 Å². The number of allylic oxidation sites excluding steroid dienone is 2. The molecule has 0 saturated heterocycles. The highest BCUT2D eigenvalue weighted by atomic mass is 31.2. The molecule has 0 aliphatic carbocycles.